The number of hydrogen-bond acceptors (Lipinski definition) is 3. The van der Waals surface area contributed by atoms with Crippen molar-refractivity contribution in [3.05, 3.63) is 58.9 Å². The summed E-state index contributed by atoms with van der Waals surface area (Å²) >= 11 is 0. The van der Waals surface area contributed by atoms with E-state index in [2.05, 4.69) is 0 Å². The predicted octanol–water partition coefficient (Wildman–Crippen LogP) is 3.36. The first kappa shape index (κ1) is 12.9. The van der Waals surface area contributed by atoms with Crippen LogP contribution in [0.15, 0.2) is 36.4 Å². The number of benzene rings is 2. The van der Waals surface area contributed by atoms with Crippen molar-refractivity contribution in [2.24, 2.45) is 5.73 Å². The summed E-state index contributed by atoms with van der Waals surface area (Å²) in [6.45, 7) is 2.00. The molecular formula is C16H16FNO2. The second kappa shape index (κ2) is 4.80. The molecule has 0 aromatic heterocycles. The summed E-state index contributed by atoms with van der Waals surface area (Å²) in [4.78, 5) is 0. The minimum Gasteiger partial charge on any atom is -0.508 e. The number of phenolic OH excluding ortho intramolecular Hbond substituents is 1. The van der Waals surface area contributed by atoms with Gasteiger partial charge in [0.2, 0.25) is 0 Å². The fraction of sp³-hybridized carbons (Fsp3) is 0.250. The van der Waals surface area contributed by atoms with Crippen LogP contribution in [-0.4, -0.2) is 5.11 Å². The fourth-order valence-corrected chi connectivity index (χ4v) is 2.61. The van der Waals surface area contributed by atoms with Gasteiger partial charge in [0, 0.05) is 24.1 Å². The van der Waals surface area contributed by atoms with E-state index < -0.39 is 5.82 Å². The number of halogens is 1. The quantitative estimate of drug-likeness (QED) is 0.837. The summed E-state index contributed by atoms with van der Waals surface area (Å²) in [5.74, 6) is 0.141. The lowest BCUT2D eigenvalue weighted by atomic mass is 9.92. The van der Waals surface area contributed by atoms with E-state index >= 15 is 0 Å². The summed E-state index contributed by atoms with van der Waals surface area (Å²) < 4.78 is 19.3. The van der Waals surface area contributed by atoms with Gasteiger partial charge in [0.1, 0.15) is 23.4 Å². The van der Waals surface area contributed by atoms with Crippen molar-refractivity contribution < 1.29 is 14.2 Å². The van der Waals surface area contributed by atoms with Gasteiger partial charge in [-0.3, -0.25) is 0 Å². The maximum absolute atomic E-state index is 13.4. The molecule has 0 radical (unpaired) electrons. The van der Waals surface area contributed by atoms with Crippen LogP contribution in [0.3, 0.4) is 0 Å². The van der Waals surface area contributed by atoms with Crippen molar-refractivity contribution in [2.75, 3.05) is 0 Å². The lowest BCUT2D eigenvalue weighted by molar-refractivity contribution is 0.161. The topological polar surface area (TPSA) is 55.5 Å². The zero-order valence-electron chi connectivity index (χ0n) is 11.1. The van der Waals surface area contributed by atoms with E-state index in [1.807, 2.05) is 25.1 Å². The highest BCUT2D eigenvalue weighted by atomic mass is 19.1. The van der Waals surface area contributed by atoms with Crippen molar-refractivity contribution in [1.29, 1.82) is 0 Å². The molecule has 1 unspecified atom stereocenters. The number of fused-ring (bicyclic) bond motifs is 1. The highest BCUT2D eigenvalue weighted by Gasteiger charge is 2.27. The van der Waals surface area contributed by atoms with Gasteiger partial charge in [-0.1, -0.05) is 17.7 Å². The van der Waals surface area contributed by atoms with Crippen molar-refractivity contribution in [3.8, 4) is 11.5 Å². The standard InChI is InChI=1S/C16H16FNO2/c1-9-2-3-15-13(4-9)14(18)8-16(20-15)10-5-11(17)7-12(19)6-10/h2-7,14,16,19H,8,18H2,1H3/t14-,16?/m1/s1. The van der Waals surface area contributed by atoms with Crippen LogP contribution in [-0.2, 0) is 0 Å². The Labute approximate surface area is 116 Å². The Kier molecular flexibility index (Phi) is 3.10. The largest absolute Gasteiger partial charge is 0.508 e. The van der Waals surface area contributed by atoms with Crippen LogP contribution in [0.25, 0.3) is 0 Å². The number of rotatable bonds is 1. The summed E-state index contributed by atoms with van der Waals surface area (Å²) in [7, 11) is 0. The normalized spacial score (nSPS) is 21.1. The summed E-state index contributed by atoms with van der Waals surface area (Å²) in [5, 5.41) is 9.50. The Morgan fingerprint density at radius 1 is 1.25 bits per heavy atom. The average Bonchev–Trinajstić information content (AvgIpc) is 2.38. The van der Waals surface area contributed by atoms with E-state index in [1.54, 1.807) is 0 Å². The average molecular weight is 273 g/mol. The smallest absolute Gasteiger partial charge is 0.127 e. The fourth-order valence-electron chi connectivity index (χ4n) is 2.61. The minimum atomic E-state index is -0.480. The van der Waals surface area contributed by atoms with E-state index in [0.29, 0.717) is 12.0 Å². The molecule has 0 fully saturated rings. The van der Waals surface area contributed by atoms with Crippen molar-refractivity contribution >= 4 is 0 Å². The summed E-state index contributed by atoms with van der Waals surface area (Å²) in [6, 6.07) is 9.65. The van der Waals surface area contributed by atoms with Gasteiger partial charge in [-0.2, -0.15) is 0 Å². The predicted molar refractivity (Wildman–Crippen MR) is 74.2 cm³/mol. The van der Waals surface area contributed by atoms with Gasteiger partial charge in [0.15, 0.2) is 0 Å². The van der Waals surface area contributed by atoms with Crippen LogP contribution in [0.1, 0.15) is 35.3 Å². The molecule has 0 spiro atoms. The van der Waals surface area contributed by atoms with Crippen LogP contribution >= 0.6 is 0 Å². The Hall–Kier alpha value is -2.07. The van der Waals surface area contributed by atoms with E-state index in [1.165, 1.54) is 12.1 Å². The lowest BCUT2D eigenvalue weighted by Crippen LogP contribution is -2.24. The van der Waals surface area contributed by atoms with E-state index in [-0.39, 0.29) is 17.9 Å². The highest BCUT2D eigenvalue weighted by Crippen LogP contribution is 2.40. The van der Waals surface area contributed by atoms with Crippen LogP contribution in [0.5, 0.6) is 11.5 Å². The first-order chi connectivity index (χ1) is 9.52. The maximum Gasteiger partial charge on any atom is 0.127 e. The molecule has 0 saturated carbocycles. The zero-order valence-corrected chi connectivity index (χ0v) is 11.1. The molecule has 104 valence electrons. The van der Waals surface area contributed by atoms with Gasteiger partial charge in [-0.05, 0) is 30.7 Å². The number of phenols is 1. The molecule has 1 heterocycles. The molecule has 2 aromatic rings. The summed E-state index contributed by atoms with van der Waals surface area (Å²) in [5.41, 5.74) is 8.89. The number of ether oxygens (including phenoxy) is 1. The van der Waals surface area contributed by atoms with Crippen molar-refractivity contribution in [3.63, 3.8) is 0 Å². The molecule has 0 aliphatic carbocycles. The van der Waals surface area contributed by atoms with Crippen LogP contribution in [0.4, 0.5) is 4.39 Å². The molecule has 1 aliphatic rings. The molecule has 3 rings (SSSR count). The highest BCUT2D eigenvalue weighted by molar-refractivity contribution is 5.42. The van der Waals surface area contributed by atoms with E-state index in [0.717, 1.165) is 22.9 Å². The number of aromatic hydroxyl groups is 1. The van der Waals surface area contributed by atoms with Gasteiger partial charge < -0.3 is 15.6 Å². The molecule has 0 amide bonds. The van der Waals surface area contributed by atoms with Gasteiger partial charge in [0.25, 0.3) is 0 Å². The van der Waals surface area contributed by atoms with Crippen molar-refractivity contribution in [2.45, 2.75) is 25.5 Å². The number of aryl methyl sites for hydroxylation is 1. The van der Waals surface area contributed by atoms with Gasteiger partial charge in [0.05, 0.1) is 0 Å². The second-order valence-electron chi connectivity index (χ2n) is 5.23. The molecule has 0 bridgehead atoms. The number of nitrogens with two attached hydrogens (primary N) is 1. The Morgan fingerprint density at radius 3 is 2.80 bits per heavy atom. The van der Waals surface area contributed by atoms with Gasteiger partial charge in [-0.15, -0.1) is 0 Å². The maximum atomic E-state index is 13.4. The van der Waals surface area contributed by atoms with Crippen LogP contribution in [0.2, 0.25) is 0 Å². The van der Waals surface area contributed by atoms with E-state index in [9.17, 15) is 9.50 Å². The third kappa shape index (κ3) is 2.34. The Bertz CT molecular complexity index is 637. The molecule has 2 atom stereocenters. The second-order valence-corrected chi connectivity index (χ2v) is 5.23. The van der Waals surface area contributed by atoms with Gasteiger partial charge in [-0.25, -0.2) is 4.39 Å². The monoisotopic (exact) mass is 273 g/mol. The first-order valence-corrected chi connectivity index (χ1v) is 6.55. The third-order valence-corrected chi connectivity index (χ3v) is 3.58. The van der Waals surface area contributed by atoms with Crippen LogP contribution in [0, 0.1) is 12.7 Å². The molecular weight excluding hydrogens is 257 g/mol. The first-order valence-electron chi connectivity index (χ1n) is 6.55. The van der Waals surface area contributed by atoms with Crippen LogP contribution < -0.4 is 10.5 Å². The molecule has 4 heteroatoms. The molecule has 1 aliphatic heterocycles. The Balaban J connectivity index is 1.96. The molecule has 3 nitrogen and oxygen atoms in total. The summed E-state index contributed by atoms with van der Waals surface area (Å²) in [6.07, 6.45) is 0.209. The van der Waals surface area contributed by atoms with Crippen molar-refractivity contribution in [1.82, 2.24) is 0 Å². The molecule has 20 heavy (non-hydrogen) atoms. The number of hydrogen-bond donors (Lipinski definition) is 2. The minimum absolute atomic E-state index is 0.105. The Morgan fingerprint density at radius 2 is 2.05 bits per heavy atom. The molecule has 3 N–H and O–H groups in total. The van der Waals surface area contributed by atoms with E-state index in [4.69, 9.17) is 10.5 Å². The SMILES string of the molecule is Cc1ccc2c(c1)[C@H](N)CC(c1cc(O)cc(F)c1)O2. The third-order valence-electron chi connectivity index (χ3n) is 3.58. The molecule has 2 aromatic carbocycles. The van der Waals surface area contributed by atoms with Gasteiger partial charge >= 0.3 is 0 Å². The molecule has 0 saturated heterocycles. The zero-order chi connectivity index (χ0) is 14.3. The lowest BCUT2D eigenvalue weighted by Gasteiger charge is -2.31.